The first-order chi connectivity index (χ1) is 12.5. The molecule has 0 spiro atoms. The molecule has 1 aliphatic rings. The first-order valence-corrected chi connectivity index (χ1v) is 8.78. The number of esters is 1. The van der Waals surface area contributed by atoms with Crippen LogP contribution < -0.4 is 9.64 Å². The van der Waals surface area contributed by atoms with E-state index in [2.05, 4.69) is 13.8 Å². The minimum absolute atomic E-state index is 0.204. The molecule has 2 amide bonds. The number of hydrogen-bond donors (Lipinski definition) is 0. The maximum absolute atomic E-state index is 12.6. The lowest BCUT2D eigenvalue weighted by Crippen LogP contribution is -2.28. The fourth-order valence-electron chi connectivity index (χ4n) is 3.00. The Labute approximate surface area is 152 Å². The van der Waals surface area contributed by atoms with Gasteiger partial charge < -0.3 is 4.74 Å². The smallest absolute Gasteiger partial charge is 0.343 e. The van der Waals surface area contributed by atoms with Crippen molar-refractivity contribution in [2.45, 2.75) is 39.0 Å². The van der Waals surface area contributed by atoms with Crippen LogP contribution in [-0.2, 0) is 9.59 Å². The first-order valence-electron chi connectivity index (χ1n) is 8.78. The highest BCUT2D eigenvalue weighted by Gasteiger charge is 2.30. The Morgan fingerprint density at radius 1 is 1.08 bits per heavy atom. The molecule has 26 heavy (non-hydrogen) atoms. The van der Waals surface area contributed by atoms with Crippen molar-refractivity contribution in [1.82, 2.24) is 0 Å². The van der Waals surface area contributed by atoms with Crippen molar-refractivity contribution in [2.75, 3.05) is 4.90 Å². The van der Waals surface area contributed by atoms with Gasteiger partial charge in [-0.2, -0.15) is 0 Å². The summed E-state index contributed by atoms with van der Waals surface area (Å²) in [7, 11) is 0. The second-order valence-corrected chi connectivity index (χ2v) is 6.41. The van der Waals surface area contributed by atoms with Gasteiger partial charge in [-0.25, -0.2) is 4.79 Å². The van der Waals surface area contributed by atoms with E-state index >= 15 is 0 Å². The van der Waals surface area contributed by atoms with Crippen LogP contribution in [-0.4, -0.2) is 17.8 Å². The largest absolute Gasteiger partial charge is 0.423 e. The maximum Gasteiger partial charge on any atom is 0.343 e. The van der Waals surface area contributed by atoms with Crippen molar-refractivity contribution in [3.63, 3.8) is 0 Å². The van der Waals surface area contributed by atoms with E-state index in [-0.39, 0.29) is 30.6 Å². The number of imide groups is 1. The summed E-state index contributed by atoms with van der Waals surface area (Å²) < 4.78 is 5.60. The van der Waals surface area contributed by atoms with Gasteiger partial charge in [-0.3, -0.25) is 14.5 Å². The first kappa shape index (κ1) is 17.9. The number of amides is 2. The number of hydrogen-bond acceptors (Lipinski definition) is 4. The van der Waals surface area contributed by atoms with Crippen molar-refractivity contribution in [2.24, 2.45) is 0 Å². The molecular weight excluding hydrogens is 330 g/mol. The Balaban J connectivity index is 1.85. The summed E-state index contributed by atoms with van der Waals surface area (Å²) >= 11 is 0. The van der Waals surface area contributed by atoms with Gasteiger partial charge in [0.15, 0.2) is 0 Å². The lowest BCUT2D eigenvalue weighted by molar-refractivity contribution is -0.121. The van der Waals surface area contributed by atoms with Crippen LogP contribution >= 0.6 is 0 Å². The SMILES string of the molecule is CCC(C)c1ccccc1OC(=O)c1cccc(N2C(=O)CCC2=O)c1. The number of anilines is 1. The maximum atomic E-state index is 12.6. The van der Waals surface area contributed by atoms with Crippen LogP contribution in [0.15, 0.2) is 48.5 Å². The van der Waals surface area contributed by atoms with E-state index in [9.17, 15) is 14.4 Å². The lowest BCUT2D eigenvalue weighted by Gasteiger charge is -2.16. The third-order valence-electron chi connectivity index (χ3n) is 4.66. The van der Waals surface area contributed by atoms with Gasteiger partial charge in [0.25, 0.3) is 0 Å². The lowest BCUT2D eigenvalue weighted by atomic mass is 9.98. The van der Waals surface area contributed by atoms with Gasteiger partial charge in [0, 0.05) is 12.8 Å². The minimum Gasteiger partial charge on any atom is -0.423 e. The molecule has 0 bridgehead atoms. The molecule has 1 saturated heterocycles. The molecular formula is C21H21NO4. The Morgan fingerprint density at radius 3 is 2.46 bits per heavy atom. The highest BCUT2D eigenvalue weighted by molar-refractivity contribution is 6.20. The minimum atomic E-state index is -0.512. The van der Waals surface area contributed by atoms with Crippen LogP contribution in [0, 0.1) is 0 Å². The van der Waals surface area contributed by atoms with Crippen molar-refractivity contribution < 1.29 is 19.1 Å². The molecule has 2 aromatic carbocycles. The highest BCUT2D eigenvalue weighted by Crippen LogP contribution is 2.29. The summed E-state index contributed by atoms with van der Waals surface area (Å²) in [4.78, 5) is 37.5. The van der Waals surface area contributed by atoms with E-state index in [0.29, 0.717) is 17.0 Å². The van der Waals surface area contributed by atoms with Gasteiger partial charge in [-0.15, -0.1) is 0 Å². The summed E-state index contributed by atoms with van der Waals surface area (Å²) in [6, 6.07) is 13.9. The highest BCUT2D eigenvalue weighted by atomic mass is 16.5. The molecule has 5 nitrogen and oxygen atoms in total. The summed E-state index contributed by atoms with van der Waals surface area (Å²) in [5.41, 5.74) is 1.68. The van der Waals surface area contributed by atoms with Crippen molar-refractivity contribution in [1.29, 1.82) is 0 Å². The van der Waals surface area contributed by atoms with Gasteiger partial charge in [-0.1, -0.05) is 38.1 Å². The molecule has 3 rings (SSSR count). The topological polar surface area (TPSA) is 63.7 Å². The van der Waals surface area contributed by atoms with E-state index in [1.165, 1.54) is 6.07 Å². The Bertz CT molecular complexity index is 843. The van der Waals surface area contributed by atoms with Gasteiger partial charge in [0.2, 0.25) is 11.8 Å². The average molecular weight is 351 g/mol. The molecule has 134 valence electrons. The third-order valence-corrected chi connectivity index (χ3v) is 4.66. The molecule has 1 aliphatic heterocycles. The number of carbonyl (C=O) groups excluding carboxylic acids is 3. The number of para-hydroxylation sites is 1. The van der Waals surface area contributed by atoms with E-state index in [1.54, 1.807) is 24.3 Å². The molecule has 1 atom stereocenters. The van der Waals surface area contributed by atoms with Crippen LogP contribution in [0.5, 0.6) is 5.75 Å². The Morgan fingerprint density at radius 2 is 1.77 bits per heavy atom. The molecule has 0 radical (unpaired) electrons. The van der Waals surface area contributed by atoms with Crippen molar-refractivity contribution in [3.05, 3.63) is 59.7 Å². The molecule has 0 N–H and O–H groups in total. The normalized spacial score (nSPS) is 15.2. The van der Waals surface area contributed by atoms with Crippen LogP contribution in [0.2, 0.25) is 0 Å². The molecule has 0 aromatic heterocycles. The summed E-state index contributed by atoms with van der Waals surface area (Å²) in [5.74, 6) is -0.206. The predicted octanol–water partition coefficient (Wildman–Crippen LogP) is 4.07. The quantitative estimate of drug-likeness (QED) is 0.463. The van der Waals surface area contributed by atoms with E-state index in [1.807, 2.05) is 18.2 Å². The van der Waals surface area contributed by atoms with E-state index in [0.717, 1.165) is 16.9 Å². The summed E-state index contributed by atoms with van der Waals surface area (Å²) in [5, 5.41) is 0. The van der Waals surface area contributed by atoms with Crippen LogP contribution in [0.4, 0.5) is 5.69 Å². The molecule has 1 heterocycles. The Kier molecular flexibility index (Phi) is 5.16. The Hall–Kier alpha value is -2.95. The van der Waals surface area contributed by atoms with E-state index < -0.39 is 5.97 Å². The number of rotatable bonds is 5. The van der Waals surface area contributed by atoms with Gasteiger partial charge in [0.05, 0.1) is 11.3 Å². The number of carbonyl (C=O) groups is 3. The van der Waals surface area contributed by atoms with Gasteiger partial charge in [-0.05, 0) is 42.2 Å². The number of nitrogens with zero attached hydrogens (tertiary/aromatic N) is 1. The number of ether oxygens (including phenoxy) is 1. The third kappa shape index (κ3) is 3.52. The molecule has 1 unspecified atom stereocenters. The van der Waals surface area contributed by atoms with Gasteiger partial charge in [0.1, 0.15) is 5.75 Å². The molecule has 1 fully saturated rings. The summed E-state index contributed by atoms with van der Waals surface area (Å²) in [6.45, 7) is 4.16. The second kappa shape index (κ2) is 7.52. The van der Waals surface area contributed by atoms with Crippen molar-refractivity contribution in [3.8, 4) is 5.75 Å². The zero-order chi connectivity index (χ0) is 18.7. The molecule has 5 heteroatoms. The van der Waals surface area contributed by atoms with Crippen molar-refractivity contribution >= 4 is 23.5 Å². The van der Waals surface area contributed by atoms with Crippen LogP contribution in [0.25, 0.3) is 0 Å². The fourth-order valence-corrected chi connectivity index (χ4v) is 3.00. The molecule has 0 saturated carbocycles. The van der Waals surface area contributed by atoms with E-state index in [4.69, 9.17) is 4.74 Å². The standard InChI is InChI=1S/C21H21NO4/c1-3-14(2)17-9-4-5-10-18(17)26-21(25)15-7-6-8-16(13-15)22-19(23)11-12-20(22)24/h4-10,13-14H,3,11-12H2,1-2H3. The average Bonchev–Trinajstić information content (AvgIpc) is 3.00. The van der Waals surface area contributed by atoms with Crippen LogP contribution in [0.3, 0.4) is 0 Å². The predicted molar refractivity (Wildman–Crippen MR) is 98.3 cm³/mol. The molecule has 0 aliphatic carbocycles. The monoisotopic (exact) mass is 351 g/mol. The zero-order valence-electron chi connectivity index (χ0n) is 14.9. The molecule has 2 aromatic rings. The summed E-state index contributed by atoms with van der Waals surface area (Å²) in [6.07, 6.45) is 1.34. The number of benzene rings is 2. The zero-order valence-corrected chi connectivity index (χ0v) is 14.9. The fraction of sp³-hybridized carbons (Fsp3) is 0.286. The van der Waals surface area contributed by atoms with Gasteiger partial charge >= 0.3 is 5.97 Å². The van der Waals surface area contributed by atoms with Crippen LogP contribution in [0.1, 0.15) is 54.9 Å². The second-order valence-electron chi connectivity index (χ2n) is 6.41.